The average molecular weight is 413 g/mol. The Morgan fingerprint density at radius 3 is 2.47 bits per heavy atom. The van der Waals surface area contributed by atoms with E-state index >= 15 is 0 Å². The van der Waals surface area contributed by atoms with Crippen molar-refractivity contribution in [2.24, 2.45) is 0 Å². The minimum atomic E-state index is -0.840. The minimum Gasteiger partial charge on any atom is -0.507 e. The standard InChI is InChI=1S/C23H24FNO5/c1-14-5-10-18(30-3)17(13-14)21(26)19-20(15-6-8-16(24)9-7-15)25(11-4-12-29-2)23(28)22(19)27/h5-10,13,20,26H,4,11-12H2,1-3H3/b21-19+. The molecule has 30 heavy (non-hydrogen) atoms. The van der Waals surface area contributed by atoms with Gasteiger partial charge in [0.15, 0.2) is 0 Å². The number of methoxy groups -OCH3 is 2. The molecule has 1 saturated heterocycles. The highest BCUT2D eigenvalue weighted by Gasteiger charge is 2.46. The van der Waals surface area contributed by atoms with Crippen LogP contribution in [0, 0.1) is 12.7 Å². The highest BCUT2D eigenvalue weighted by Crippen LogP contribution is 2.41. The third-order valence-corrected chi connectivity index (χ3v) is 5.08. The molecule has 1 aliphatic rings. The van der Waals surface area contributed by atoms with Crippen LogP contribution in [0.1, 0.15) is 29.2 Å². The average Bonchev–Trinajstić information content (AvgIpc) is 2.99. The summed E-state index contributed by atoms with van der Waals surface area (Å²) in [7, 11) is 3.01. The summed E-state index contributed by atoms with van der Waals surface area (Å²) < 4.78 is 23.9. The molecule has 1 atom stereocenters. The summed E-state index contributed by atoms with van der Waals surface area (Å²) in [5.41, 5.74) is 1.65. The lowest BCUT2D eigenvalue weighted by Gasteiger charge is -2.25. The molecular weight excluding hydrogens is 389 g/mol. The van der Waals surface area contributed by atoms with Crippen LogP contribution in [-0.2, 0) is 14.3 Å². The van der Waals surface area contributed by atoms with E-state index in [1.54, 1.807) is 19.2 Å². The van der Waals surface area contributed by atoms with Gasteiger partial charge in [-0.15, -0.1) is 0 Å². The zero-order valence-corrected chi connectivity index (χ0v) is 17.1. The van der Waals surface area contributed by atoms with Gasteiger partial charge in [0.25, 0.3) is 11.7 Å². The maximum Gasteiger partial charge on any atom is 0.295 e. The molecule has 2 aromatic rings. The molecule has 0 saturated carbocycles. The Labute approximate surface area is 174 Å². The van der Waals surface area contributed by atoms with E-state index < -0.39 is 23.5 Å². The lowest BCUT2D eigenvalue weighted by molar-refractivity contribution is -0.140. The van der Waals surface area contributed by atoms with Crippen molar-refractivity contribution in [2.75, 3.05) is 27.4 Å². The number of hydrogen-bond acceptors (Lipinski definition) is 5. The summed E-state index contributed by atoms with van der Waals surface area (Å²) in [6.07, 6.45) is 0.509. The molecule has 1 heterocycles. The number of benzene rings is 2. The summed E-state index contributed by atoms with van der Waals surface area (Å²) in [6, 6.07) is 9.89. The van der Waals surface area contributed by atoms with E-state index in [1.807, 2.05) is 13.0 Å². The molecule has 7 heteroatoms. The molecular formula is C23H24FNO5. The van der Waals surface area contributed by atoms with Gasteiger partial charge in [0, 0.05) is 20.3 Å². The van der Waals surface area contributed by atoms with Crippen molar-refractivity contribution in [3.05, 3.63) is 70.5 Å². The first-order valence-corrected chi connectivity index (χ1v) is 9.56. The van der Waals surface area contributed by atoms with Crippen LogP contribution in [0.3, 0.4) is 0 Å². The Balaban J connectivity index is 2.18. The summed E-state index contributed by atoms with van der Waals surface area (Å²) in [4.78, 5) is 27.1. The molecule has 0 radical (unpaired) electrons. The summed E-state index contributed by atoms with van der Waals surface area (Å²) in [6.45, 7) is 2.50. The Morgan fingerprint density at radius 1 is 1.13 bits per heavy atom. The van der Waals surface area contributed by atoms with Gasteiger partial charge in [-0.1, -0.05) is 23.8 Å². The van der Waals surface area contributed by atoms with Crippen LogP contribution in [0.2, 0.25) is 0 Å². The van der Waals surface area contributed by atoms with Crippen molar-refractivity contribution in [2.45, 2.75) is 19.4 Å². The molecule has 1 aliphatic heterocycles. The van der Waals surface area contributed by atoms with Gasteiger partial charge in [0.2, 0.25) is 0 Å². The van der Waals surface area contributed by atoms with E-state index in [9.17, 15) is 19.1 Å². The van der Waals surface area contributed by atoms with Crippen molar-refractivity contribution in [3.63, 3.8) is 0 Å². The minimum absolute atomic E-state index is 0.0482. The summed E-state index contributed by atoms with van der Waals surface area (Å²) in [5, 5.41) is 11.1. The number of aryl methyl sites for hydroxylation is 1. The molecule has 1 N–H and O–H groups in total. The second-order valence-electron chi connectivity index (χ2n) is 7.09. The number of halogens is 1. The van der Waals surface area contributed by atoms with Crippen molar-refractivity contribution in [3.8, 4) is 5.75 Å². The number of hydrogen-bond donors (Lipinski definition) is 1. The Kier molecular flexibility index (Phi) is 6.52. The first-order chi connectivity index (χ1) is 14.4. The van der Waals surface area contributed by atoms with Gasteiger partial charge in [0.05, 0.1) is 24.3 Å². The van der Waals surface area contributed by atoms with Crippen LogP contribution in [0.5, 0.6) is 5.75 Å². The fourth-order valence-corrected chi connectivity index (χ4v) is 3.63. The fourth-order valence-electron chi connectivity index (χ4n) is 3.63. The number of ketones is 1. The van der Waals surface area contributed by atoms with Crippen molar-refractivity contribution in [1.82, 2.24) is 4.90 Å². The third kappa shape index (κ3) is 4.07. The van der Waals surface area contributed by atoms with Crippen molar-refractivity contribution >= 4 is 17.4 Å². The van der Waals surface area contributed by atoms with Gasteiger partial charge in [-0.25, -0.2) is 4.39 Å². The van der Waals surface area contributed by atoms with Crippen molar-refractivity contribution < 1.29 is 28.6 Å². The van der Waals surface area contributed by atoms with Gasteiger partial charge < -0.3 is 19.5 Å². The topological polar surface area (TPSA) is 76.1 Å². The van der Waals surface area contributed by atoms with Crippen LogP contribution in [0.4, 0.5) is 4.39 Å². The monoisotopic (exact) mass is 413 g/mol. The van der Waals surface area contributed by atoms with E-state index in [2.05, 4.69) is 0 Å². The van der Waals surface area contributed by atoms with E-state index in [4.69, 9.17) is 9.47 Å². The molecule has 0 aliphatic carbocycles. The Bertz CT molecular complexity index is 984. The number of ether oxygens (including phenoxy) is 2. The molecule has 0 aromatic heterocycles. The fraction of sp³-hybridized carbons (Fsp3) is 0.304. The molecule has 6 nitrogen and oxygen atoms in total. The van der Waals surface area contributed by atoms with Gasteiger partial charge in [0.1, 0.15) is 17.3 Å². The molecule has 2 aromatic carbocycles. The van der Waals surface area contributed by atoms with Crippen LogP contribution < -0.4 is 4.74 Å². The normalized spacial score (nSPS) is 18.1. The van der Waals surface area contributed by atoms with Crippen LogP contribution in [0.25, 0.3) is 5.76 Å². The predicted octanol–water partition coefficient (Wildman–Crippen LogP) is 3.60. The largest absolute Gasteiger partial charge is 0.507 e. The molecule has 158 valence electrons. The first kappa shape index (κ1) is 21.5. The number of carbonyl (C=O) groups excluding carboxylic acids is 2. The Morgan fingerprint density at radius 2 is 1.83 bits per heavy atom. The van der Waals surface area contributed by atoms with Crippen LogP contribution in [0.15, 0.2) is 48.0 Å². The quantitative estimate of drug-likeness (QED) is 0.325. The molecule has 3 rings (SSSR count). The molecule has 0 spiro atoms. The second-order valence-corrected chi connectivity index (χ2v) is 7.09. The highest BCUT2D eigenvalue weighted by molar-refractivity contribution is 6.46. The zero-order valence-electron chi connectivity index (χ0n) is 17.1. The van der Waals surface area contributed by atoms with Crippen LogP contribution in [-0.4, -0.2) is 49.1 Å². The maximum absolute atomic E-state index is 13.5. The van der Waals surface area contributed by atoms with E-state index in [0.717, 1.165) is 5.56 Å². The summed E-state index contributed by atoms with van der Waals surface area (Å²) >= 11 is 0. The number of rotatable bonds is 7. The number of Topliss-reactive ketones (excluding diaryl/α,β-unsaturated/α-hetero) is 1. The zero-order chi connectivity index (χ0) is 21.8. The first-order valence-electron chi connectivity index (χ1n) is 9.56. The number of likely N-dealkylation sites (tertiary alicyclic amines) is 1. The lowest BCUT2D eigenvalue weighted by Crippen LogP contribution is -2.31. The number of aliphatic hydroxyl groups excluding tert-OH is 1. The van der Waals surface area contributed by atoms with Crippen LogP contribution >= 0.6 is 0 Å². The van der Waals surface area contributed by atoms with Gasteiger partial charge in [-0.05, 0) is 43.2 Å². The molecule has 0 bridgehead atoms. The molecule has 1 fully saturated rings. The third-order valence-electron chi connectivity index (χ3n) is 5.08. The number of aliphatic hydroxyl groups is 1. The van der Waals surface area contributed by atoms with Gasteiger partial charge in [-0.2, -0.15) is 0 Å². The van der Waals surface area contributed by atoms with E-state index in [1.165, 1.54) is 36.3 Å². The SMILES string of the molecule is COCCCN1C(=O)C(=O)/C(=C(/O)c2cc(C)ccc2OC)C1c1ccc(F)cc1. The van der Waals surface area contributed by atoms with Gasteiger partial charge in [-0.3, -0.25) is 9.59 Å². The Hall–Kier alpha value is -3.19. The maximum atomic E-state index is 13.5. The van der Waals surface area contributed by atoms with E-state index in [-0.39, 0.29) is 17.9 Å². The van der Waals surface area contributed by atoms with Gasteiger partial charge >= 0.3 is 0 Å². The summed E-state index contributed by atoms with van der Waals surface area (Å²) in [5.74, 6) is -1.88. The lowest BCUT2D eigenvalue weighted by atomic mass is 9.94. The number of nitrogens with zero attached hydrogens (tertiary/aromatic N) is 1. The highest BCUT2D eigenvalue weighted by atomic mass is 19.1. The molecule has 1 unspecified atom stereocenters. The second kappa shape index (κ2) is 9.09. The van der Waals surface area contributed by atoms with Crippen molar-refractivity contribution in [1.29, 1.82) is 0 Å². The smallest absolute Gasteiger partial charge is 0.295 e. The number of amides is 1. The molecule has 1 amide bonds. The number of carbonyl (C=O) groups is 2. The van der Waals surface area contributed by atoms with E-state index in [0.29, 0.717) is 29.9 Å². The predicted molar refractivity (Wildman–Crippen MR) is 110 cm³/mol.